The number of rotatable bonds is 8. The van der Waals surface area contributed by atoms with E-state index in [0.29, 0.717) is 39.1 Å². The molecule has 1 aliphatic heterocycles. The van der Waals surface area contributed by atoms with Crippen LogP contribution >= 0.6 is 12.4 Å². The van der Waals surface area contributed by atoms with Gasteiger partial charge in [0.15, 0.2) is 0 Å². The summed E-state index contributed by atoms with van der Waals surface area (Å²) < 4.78 is 5.67. The Hall–Kier alpha value is -1.79. The summed E-state index contributed by atoms with van der Waals surface area (Å²) in [7, 11) is 0. The maximum absolute atomic E-state index is 12.4. The molecule has 0 aromatic heterocycles. The molecule has 1 fully saturated rings. The summed E-state index contributed by atoms with van der Waals surface area (Å²) in [6.45, 7) is 6.16. The van der Waals surface area contributed by atoms with Crippen LogP contribution in [-0.2, 0) is 9.59 Å². The highest BCUT2D eigenvalue weighted by molar-refractivity contribution is 5.85. The molecule has 0 spiro atoms. The Bertz CT molecular complexity index is 589. The van der Waals surface area contributed by atoms with Crippen LogP contribution in [-0.4, -0.2) is 48.1 Å². The van der Waals surface area contributed by atoms with Gasteiger partial charge >= 0.3 is 5.97 Å². The zero-order valence-corrected chi connectivity index (χ0v) is 16.3. The molecule has 26 heavy (non-hydrogen) atoms. The second-order valence-corrected chi connectivity index (χ2v) is 6.39. The van der Waals surface area contributed by atoms with E-state index in [0.717, 1.165) is 17.7 Å². The van der Waals surface area contributed by atoms with E-state index in [1.807, 2.05) is 43.0 Å². The van der Waals surface area contributed by atoms with Crippen molar-refractivity contribution in [3.8, 4) is 5.75 Å². The van der Waals surface area contributed by atoms with Crippen molar-refractivity contribution in [2.24, 2.45) is 5.92 Å². The Morgan fingerprint density at radius 1 is 1.27 bits per heavy atom. The van der Waals surface area contributed by atoms with E-state index in [1.54, 1.807) is 0 Å². The molecule has 1 amide bonds. The highest BCUT2D eigenvalue weighted by atomic mass is 35.5. The molecule has 6 nitrogen and oxygen atoms in total. The zero-order chi connectivity index (χ0) is 18.2. The van der Waals surface area contributed by atoms with Gasteiger partial charge in [-0.1, -0.05) is 25.1 Å². The number of hydrogen-bond donors (Lipinski definition) is 2. The Kier molecular flexibility index (Phi) is 9.44. The number of benzene rings is 1. The predicted molar refractivity (Wildman–Crippen MR) is 103 cm³/mol. The molecule has 7 heteroatoms. The van der Waals surface area contributed by atoms with Gasteiger partial charge in [-0.2, -0.15) is 0 Å². The van der Waals surface area contributed by atoms with Crippen molar-refractivity contribution in [1.29, 1.82) is 0 Å². The van der Waals surface area contributed by atoms with Crippen molar-refractivity contribution in [2.45, 2.75) is 39.2 Å². The van der Waals surface area contributed by atoms with E-state index in [-0.39, 0.29) is 30.3 Å². The Labute approximate surface area is 161 Å². The van der Waals surface area contributed by atoms with Crippen LogP contribution in [0.4, 0.5) is 0 Å². The van der Waals surface area contributed by atoms with Gasteiger partial charge in [-0.05, 0) is 45.3 Å². The quantitative estimate of drug-likeness (QED) is 0.720. The standard InChI is InChI=1S/C19H28N2O4.ClH/c1-3-16(15-7-5-6-8-17(15)25-4-2)20-18(22)13-21-11-9-14(10-12-21)19(23)24;/h5-8,14,16H,3-4,9-13H2,1-2H3,(H,20,22)(H,23,24);1H. The summed E-state index contributed by atoms with van der Waals surface area (Å²) in [4.78, 5) is 25.5. The van der Waals surface area contributed by atoms with Gasteiger partial charge in [0.2, 0.25) is 5.91 Å². The molecule has 1 aromatic rings. The molecule has 146 valence electrons. The molecular formula is C19H29ClN2O4. The maximum Gasteiger partial charge on any atom is 0.306 e. The Morgan fingerprint density at radius 2 is 1.92 bits per heavy atom. The third-order valence-corrected chi connectivity index (χ3v) is 4.64. The summed E-state index contributed by atoms with van der Waals surface area (Å²) in [5, 5.41) is 12.1. The number of carboxylic acids is 1. The molecule has 1 heterocycles. The normalized spacial score (nSPS) is 16.4. The SMILES string of the molecule is CCOc1ccccc1C(CC)NC(=O)CN1CCC(C(=O)O)CC1.Cl. The molecule has 1 saturated heterocycles. The lowest BCUT2D eigenvalue weighted by Crippen LogP contribution is -2.43. The Balaban J connectivity index is 0.00000338. The lowest BCUT2D eigenvalue weighted by atomic mass is 9.97. The molecule has 0 radical (unpaired) electrons. The fourth-order valence-electron chi connectivity index (χ4n) is 3.24. The minimum absolute atomic E-state index is 0. The smallest absolute Gasteiger partial charge is 0.306 e. The number of amides is 1. The van der Waals surface area contributed by atoms with Crippen LogP contribution in [0.2, 0.25) is 0 Å². The maximum atomic E-state index is 12.4. The van der Waals surface area contributed by atoms with Crippen LogP contribution in [0.25, 0.3) is 0 Å². The minimum Gasteiger partial charge on any atom is -0.494 e. The predicted octanol–water partition coefficient (Wildman–Crippen LogP) is 2.87. The average Bonchev–Trinajstić information content (AvgIpc) is 2.61. The lowest BCUT2D eigenvalue weighted by Gasteiger charge is -2.30. The van der Waals surface area contributed by atoms with Crippen molar-refractivity contribution in [2.75, 3.05) is 26.2 Å². The van der Waals surface area contributed by atoms with E-state index in [1.165, 1.54) is 0 Å². The average molecular weight is 385 g/mol. The number of para-hydroxylation sites is 1. The molecule has 0 aliphatic carbocycles. The first-order chi connectivity index (χ1) is 12.0. The van der Waals surface area contributed by atoms with Crippen LogP contribution in [0.15, 0.2) is 24.3 Å². The first-order valence-electron chi connectivity index (χ1n) is 9.01. The van der Waals surface area contributed by atoms with Crippen molar-refractivity contribution < 1.29 is 19.4 Å². The highest BCUT2D eigenvalue weighted by Crippen LogP contribution is 2.27. The number of halogens is 1. The van der Waals surface area contributed by atoms with Gasteiger partial charge in [-0.15, -0.1) is 12.4 Å². The van der Waals surface area contributed by atoms with Gasteiger partial charge in [0.1, 0.15) is 5.75 Å². The van der Waals surface area contributed by atoms with E-state index >= 15 is 0 Å². The minimum atomic E-state index is -0.734. The molecule has 1 unspecified atom stereocenters. The molecular weight excluding hydrogens is 356 g/mol. The topological polar surface area (TPSA) is 78.9 Å². The van der Waals surface area contributed by atoms with Gasteiger partial charge < -0.3 is 15.2 Å². The summed E-state index contributed by atoms with van der Waals surface area (Å²) in [6, 6.07) is 7.69. The van der Waals surface area contributed by atoms with Crippen LogP contribution < -0.4 is 10.1 Å². The van der Waals surface area contributed by atoms with E-state index in [4.69, 9.17) is 9.84 Å². The number of hydrogen-bond acceptors (Lipinski definition) is 4. The summed E-state index contributed by atoms with van der Waals surface area (Å²) in [5.74, 6) is -0.241. The van der Waals surface area contributed by atoms with Gasteiger partial charge in [-0.25, -0.2) is 0 Å². The van der Waals surface area contributed by atoms with Gasteiger partial charge in [0.25, 0.3) is 0 Å². The highest BCUT2D eigenvalue weighted by Gasteiger charge is 2.26. The van der Waals surface area contributed by atoms with E-state index < -0.39 is 5.97 Å². The zero-order valence-electron chi connectivity index (χ0n) is 15.4. The van der Waals surface area contributed by atoms with Gasteiger partial charge in [0.05, 0.1) is 25.1 Å². The number of piperidine rings is 1. The number of nitrogens with one attached hydrogen (secondary N) is 1. The third kappa shape index (κ3) is 6.18. The largest absolute Gasteiger partial charge is 0.494 e. The number of carbonyl (C=O) groups is 2. The van der Waals surface area contributed by atoms with Crippen molar-refractivity contribution in [3.05, 3.63) is 29.8 Å². The molecule has 1 aromatic carbocycles. The number of nitrogens with zero attached hydrogens (tertiary/aromatic N) is 1. The fourth-order valence-corrected chi connectivity index (χ4v) is 3.24. The first-order valence-corrected chi connectivity index (χ1v) is 9.01. The van der Waals surface area contributed by atoms with Crippen molar-refractivity contribution >= 4 is 24.3 Å². The first kappa shape index (κ1) is 22.3. The van der Waals surface area contributed by atoms with Crippen LogP contribution in [0.3, 0.4) is 0 Å². The number of aliphatic carboxylic acids is 1. The molecule has 0 saturated carbocycles. The number of likely N-dealkylation sites (tertiary alicyclic amines) is 1. The monoisotopic (exact) mass is 384 g/mol. The third-order valence-electron chi connectivity index (χ3n) is 4.64. The lowest BCUT2D eigenvalue weighted by molar-refractivity contribution is -0.143. The number of carboxylic acid groups (broad SMARTS) is 1. The Morgan fingerprint density at radius 3 is 2.50 bits per heavy atom. The molecule has 2 rings (SSSR count). The second kappa shape index (κ2) is 11.0. The summed E-state index contributed by atoms with van der Waals surface area (Å²) in [5.41, 5.74) is 0.991. The second-order valence-electron chi connectivity index (χ2n) is 6.39. The summed E-state index contributed by atoms with van der Waals surface area (Å²) >= 11 is 0. The van der Waals surface area contributed by atoms with Crippen LogP contribution in [0.5, 0.6) is 5.75 Å². The van der Waals surface area contributed by atoms with Crippen LogP contribution in [0, 0.1) is 5.92 Å². The van der Waals surface area contributed by atoms with E-state index in [9.17, 15) is 9.59 Å². The van der Waals surface area contributed by atoms with Gasteiger partial charge in [-0.3, -0.25) is 14.5 Å². The van der Waals surface area contributed by atoms with Gasteiger partial charge in [0, 0.05) is 5.56 Å². The van der Waals surface area contributed by atoms with Crippen molar-refractivity contribution in [3.63, 3.8) is 0 Å². The van der Waals surface area contributed by atoms with Crippen molar-refractivity contribution in [1.82, 2.24) is 10.2 Å². The molecule has 1 atom stereocenters. The molecule has 0 bridgehead atoms. The summed E-state index contributed by atoms with van der Waals surface area (Å²) in [6.07, 6.45) is 1.98. The van der Waals surface area contributed by atoms with Crippen LogP contribution in [0.1, 0.15) is 44.7 Å². The molecule has 1 aliphatic rings. The molecule has 2 N–H and O–H groups in total. The number of carbonyl (C=O) groups excluding carboxylic acids is 1. The van der Waals surface area contributed by atoms with E-state index in [2.05, 4.69) is 5.32 Å². The number of ether oxygens (including phenoxy) is 1. The fraction of sp³-hybridized carbons (Fsp3) is 0.579.